The predicted octanol–water partition coefficient (Wildman–Crippen LogP) is 1.61. The van der Waals surface area contributed by atoms with E-state index < -0.39 is 0 Å². The minimum Gasteiger partial charge on any atom is -0.372 e. The van der Waals surface area contributed by atoms with Crippen molar-refractivity contribution in [2.45, 2.75) is 45.9 Å². The van der Waals surface area contributed by atoms with Crippen molar-refractivity contribution >= 4 is 6.03 Å². The number of nitrogens with one attached hydrogen (secondary N) is 1. The highest BCUT2D eigenvalue weighted by Crippen LogP contribution is 2.17. The van der Waals surface area contributed by atoms with Gasteiger partial charge >= 0.3 is 6.03 Å². The molecule has 1 N–H and O–H groups in total. The van der Waals surface area contributed by atoms with E-state index in [1.54, 1.807) is 0 Å². The number of nitrogens with zero attached hydrogens (tertiary/aromatic N) is 3. The molecule has 1 aliphatic rings. The largest absolute Gasteiger partial charge is 0.372 e. The van der Waals surface area contributed by atoms with E-state index in [-0.39, 0.29) is 24.3 Å². The van der Waals surface area contributed by atoms with Crippen molar-refractivity contribution in [3.8, 4) is 0 Å². The molecule has 1 aromatic heterocycles. The van der Waals surface area contributed by atoms with Gasteiger partial charge in [-0.15, -0.1) is 0 Å². The monoisotopic (exact) mass is 280 g/mol. The Morgan fingerprint density at radius 2 is 2.05 bits per heavy atom. The average molecular weight is 280 g/mol. The lowest BCUT2D eigenvalue weighted by Gasteiger charge is -2.35. The molecule has 1 fully saturated rings. The van der Waals surface area contributed by atoms with Crippen LogP contribution in [0.15, 0.2) is 6.20 Å². The molecule has 6 heteroatoms. The Balaban J connectivity index is 1.99. The van der Waals surface area contributed by atoms with E-state index in [4.69, 9.17) is 4.74 Å². The average Bonchev–Trinajstić information content (AvgIpc) is 2.68. The van der Waals surface area contributed by atoms with Gasteiger partial charge in [-0.25, -0.2) is 4.79 Å². The molecule has 0 bridgehead atoms. The molecule has 1 saturated heterocycles. The Bertz CT molecular complexity index is 476. The van der Waals surface area contributed by atoms with Crippen LogP contribution in [-0.4, -0.2) is 46.0 Å². The maximum absolute atomic E-state index is 12.3. The Labute approximate surface area is 120 Å². The molecule has 0 aromatic carbocycles. The summed E-state index contributed by atoms with van der Waals surface area (Å²) in [5.74, 6) is 0. The van der Waals surface area contributed by atoms with Crippen molar-refractivity contribution < 1.29 is 9.53 Å². The molecule has 2 heterocycles. The summed E-state index contributed by atoms with van der Waals surface area (Å²) in [6, 6.07) is -0.0904. The maximum atomic E-state index is 12.3. The molecule has 3 atom stereocenters. The lowest BCUT2D eigenvalue weighted by Crippen LogP contribution is -2.52. The molecular formula is C14H24N4O2. The van der Waals surface area contributed by atoms with Gasteiger partial charge in [0.25, 0.3) is 0 Å². The summed E-state index contributed by atoms with van der Waals surface area (Å²) in [6.07, 6.45) is 1.98. The highest BCUT2D eigenvalue weighted by Gasteiger charge is 2.27. The molecule has 0 saturated carbocycles. The van der Waals surface area contributed by atoms with Gasteiger partial charge in [0.05, 0.1) is 24.4 Å². The number of hydrogen-bond acceptors (Lipinski definition) is 3. The lowest BCUT2D eigenvalue weighted by atomic mass is 10.1. The zero-order chi connectivity index (χ0) is 14.9. The number of aromatic nitrogens is 2. The van der Waals surface area contributed by atoms with E-state index in [0.29, 0.717) is 13.1 Å². The van der Waals surface area contributed by atoms with Crippen molar-refractivity contribution in [2.24, 2.45) is 7.05 Å². The van der Waals surface area contributed by atoms with E-state index in [2.05, 4.69) is 10.4 Å². The summed E-state index contributed by atoms with van der Waals surface area (Å²) >= 11 is 0. The van der Waals surface area contributed by atoms with Crippen molar-refractivity contribution in [3.63, 3.8) is 0 Å². The Kier molecular flexibility index (Phi) is 4.32. The fourth-order valence-electron chi connectivity index (χ4n) is 2.64. The summed E-state index contributed by atoms with van der Waals surface area (Å²) in [5.41, 5.74) is 2.12. The van der Waals surface area contributed by atoms with Gasteiger partial charge in [-0.2, -0.15) is 5.10 Å². The third-order valence-electron chi connectivity index (χ3n) is 3.79. The van der Waals surface area contributed by atoms with Crippen LogP contribution in [0.4, 0.5) is 4.79 Å². The van der Waals surface area contributed by atoms with E-state index in [1.165, 1.54) is 0 Å². The normalized spacial score (nSPS) is 24.6. The van der Waals surface area contributed by atoms with Crippen LogP contribution in [0.3, 0.4) is 0 Å². The van der Waals surface area contributed by atoms with Crippen molar-refractivity contribution in [1.82, 2.24) is 20.0 Å². The first kappa shape index (κ1) is 14.8. The van der Waals surface area contributed by atoms with Crippen LogP contribution in [0.1, 0.15) is 38.1 Å². The van der Waals surface area contributed by atoms with Gasteiger partial charge in [0.15, 0.2) is 0 Å². The second kappa shape index (κ2) is 5.83. The number of morpholine rings is 1. The summed E-state index contributed by atoms with van der Waals surface area (Å²) in [7, 11) is 1.90. The van der Waals surface area contributed by atoms with Gasteiger partial charge in [-0.1, -0.05) is 0 Å². The van der Waals surface area contributed by atoms with Crippen LogP contribution in [-0.2, 0) is 11.8 Å². The summed E-state index contributed by atoms with van der Waals surface area (Å²) in [6.45, 7) is 9.23. The maximum Gasteiger partial charge on any atom is 0.318 e. The van der Waals surface area contributed by atoms with Gasteiger partial charge in [-0.05, 0) is 27.7 Å². The molecule has 0 aliphatic carbocycles. The van der Waals surface area contributed by atoms with Gasteiger partial charge in [-0.3, -0.25) is 4.68 Å². The number of carbonyl (C=O) groups is 1. The molecule has 0 unspecified atom stereocenters. The molecule has 0 spiro atoms. The van der Waals surface area contributed by atoms with E-state index >= 15 is 0 Å². The van der Waals surface area contributed by atoms with Crippen molar-refractivity contribution in [3.05, 3.63) is 17.5 Å². The van der Waals surface area contributed by atoms with Crippen LogP contribution in [0.2, 0.25) is 0 Å². The summed E-state index contributed by atoms with van der Waals surface area (Å²) < 4.78 is 7.46. The van der Waals surface area contributed by atoms with Crippen LogP contribution in [0.25, 0.3) is 0 Å². The number of amides is 2. The van der Waals surface area contributed by atoms with E-state index in [1.807, 2.05) is 50.5 Å². The first-order valence-electron chi connectivity index (χ1n) is 7.08. The minimum atomic E-state index is -0.0512. The second-order valence-electron chi connectivity index (χ2n) is 5.64. The van der Waals surface area contributed by atoms with Gasteiger partial charge in [0, 0.05) is 31.4 Å². The third kappa shape index (κ3) is 3.12. The number of carbonyl (C=O) groups excluding carboxylic acids is 1. The standard InChI is InChI=1S/C14H24N4O2/c1-9-7-18(8-10(2)20-9)14(19)16-11(3)13-6-15-17(5)12(13)4/h6,9-11H,7-8H2,1-5H3,(H,16,19)/t9-,10-,11+/m1/s1. The quantitative estimate of drug-likeness (QED) is 0.895. The lowest BCUT2D eigenvalue weighted by molar-refractivity contribution is -0.0547. The Morgan fingerprint density at radius 1 is 1.45 bits per heavy atom. The van der Waals surface area contributed by atoms with Gasteiger partial charge < -0.3 is 15.0 Å². The first-order chi connectivity index (χ1) is 9.38. The fraction of sp³-hybridized carbons (Fsp3) is 0.714. The zero-order valence-electron chi connectivity index (χ0n) is 12.9. The smallest absolute Gasteiger partial charge is 0.318 e. The van der Waals surface area contributed by atoms with Gasteiger partial charge in [0.1, 0.15) is 0 Å². The molecule has 2 rings (SSSR count). The van der Waals surface area contributed by atoms with Crippen LogP contribution < -0.4 is 5.32 Å². The number of aryl methyl sites for hydroxylation is 1. The fourth-order valence-corrected chi connectivity index (χ4v) is 2.64. The van der Waals surface area contributed by atoms with Crippen LogP contribution in [0.5, 0.6) is 0 Å². The second-order valence-corrected chi connectivity index (χ2v) is 5.64. The number of hydrogen-bond donors (Lipinski definition) is 1. The molecule has 20 heavy (non-hydrogen) atoms. The molecule has 112 valence electrons. The van der Waals surface area contributed by atoms with Gasteiger partial charge in [0.2, 0.25) is 0 Å². The molecule has 1 aliphatic heterocycles. The molecule has 6 nitrogen and oxygen atoms in total. The molecule has 2 amide bonds. The first-order valence-corrected chi connectivity index (χ1v) is 7.08. The van der Waals surface area contributed by atoms with E-state index in [0.717, 1.165) is 11.3 Å². The van der Waals surface area contributed by atoms with Crippen molar-refractivity contribution in [2.75, 3.05) is 13.1 Å². The number of rotatable bonds is 2. The summed E-state index contributed by atoms with van der Waals surface area (Å²) in [5, 5.41) is 7.25. The molecule has 1 aromatic rings. The number of urea groups is 1. The SMILES string of the molecule is Cc1c([C@H](C)NC(=O)N2C[C@@H](C)O[C@H](C)C2)cnn1C. The highest BCUT2D eigenvalue weighted by atomic mass is 16.5. The number of ether oxygens (including phenoxy) is 1. The Hall–Kier alpha value is -1.56. The Morgan fingerprint density at radius 3 is 2.55 bits per heavy atom. The molecular weight excluding hydrogens is 256 g/mol. The van der Waals surface area contributed by atoms with Crippen molar-refractivity contribution in [1.29, 1.82) is 0 Å². The summed E-state index contributed by atoms with van der Waals surface area (Å²) in [4.78, 5) is 14.1. The topological polar surface area (TPSA) is 59.4 Å². The predicted molar refractivity (Wildman–Crippen MR) is 76.5 cm³/mol. The highest BCUT2D eigenvalue weighted by molar-refractivity contribution is 5.75. The van der Waals surface area contributed by atoms with Crippen LogP contribution in [0, 0.1) is 6.92 Å². The molecule has 0 radical (unpaired) electrons. The third-order valence-corrected chi connectivity index (χ3v) is 3.79. The zero-order valence-corrected chi connectivity index (χ0v) is 12.9. The van der Waals surface area contributed by atoms with Crippen LogP contribution >= 0.6 is 0 Å². The van der Waals surface area contributed by atoms with E-state index in [9.17, 15) is 4.79 Å². The minimum absolute atomic E-state index is 0.0391.